The number of furan rings is 1. The third-order valence-electron chi connectivity index (χ3n) is 6.14. The second-order valence-electron chi connectivity index (χ2n) is 8.50. The van der Waals surface area contributed by atoms with E-state index in [9.17, 15) is 14.4 Å². The molecule has 1 aromatic carbocycles. The highest BCUT2D eigenvalue weighted by Gasteiger charge is 2.27. The molecule has 0 radical (unpaired) electrons. The van der Waals surface area contributed by atoms with Gasteiger partial charge in [-0.25, -0.2) is 4.79 Å². The van der Waals surface area contributed by atoms with E-state index in [1.54, 1.807) is 22.8 Å². The monoisotopic (exact) mass is 438 g/mol. The number of amides is 4. The van der Waals surface area contributed by atoms with Crippen molar-refractivity contribution in [3.63, 3.8) is 0 Å². The van der Waals surface area contributed by atoms with Gasteiger partial charge in [0.1, 0.15) is 11.5 Å². The van der Waals surface area contributed by atoms with E-state index in [0.717, 1.165) is 37.3 Å². The molecule has 4 rings (SSSR count). The molecule has 2 fully saturated rings. The van der Waals surface area contributed by atoms with Gasteiger partial charge in [-0.05, 0) is 50.5 Å². The molecule has 8 nitrogen and oxygen atoms in total. The summed E-state index contributed by atoms with van der Waals surface area (Å²) in [6, 6.07) is 9.00. The van der Waals surface area contributed by atoms with Crippen molar-refractivity contribution >= 4 is 23.5 Å². The molecule has 2 aliphatic heterocycles. The molecule has 0 unspecified atom stereocenters. The number of urea groups is 1. The van der Waals surface area contributed by atoms with Crippen LogP contribution in [0.1, 0.15) is 40.3 Å². The number of carbonyl (C=O) groups is 3. The Balaban J connectivity index is 1.26. The van der Waals surface area contributed by atoms with Crippen molar-refractivity contribution in [2.45, 2.75) is 33.1 Å². The van der Waals surface area contributed by atoms with Gasteiger partial charge in [0.2, 0.25) is 5.91 Å². The molecule has 8 heteroatoms. The van der Waals surface area contributed by atoms with Crippen LogP contribution in [0.5, 0.6) is 0 Å². The molecule has 0 saturated carbocycles. The van der Waals surface area contributed by atoms with Gasteiger partial charge < -0.3 is 24.4 Å². The SMILES string of the molecule is Cc1cc(C(=O)N2CCN(C(=O)Nc3ccc(CC(=O)N4CCCC4)cc3)CC2)c(C)o1. The number of anilines is 1. The minimum atomic E-state index is -0.187. The fourth-order valence-corrected chi connectivity index (χ4v) is 4.29. The molecular weight excluding hydrogens is 408 g/mol. The van der Waals surface area contributed by atoms with Crippen LogP contribution in [0.4, 0.5) is 10.5 Å². The van der Waals surface area contributed by atoms with Crippen LogP contribution < -0.4 is 5.32 Å². The minimum Gasteiger partial charge on any atom is -0.466 e. The summed E-state index contributed by atoms with van der Waals surface area (Å²) >= 11 is 0. The zero-order valence-electron chi connectivity index (χ0n) is 18.7. The van der Waals surface area contributed by atoms with Crippen molar-refractivity contribution in [3.8, 4) is 0 Å². The maximum absolute atomic E-state index is 12.7. The van der Waals surface area contributed by atoms with Crippen LogP contribution in [0.2, 0.25) is 0 Å². The quantitative estimate of drug-likeness (QED) is 0.795. The van der Waals surface area contributed by atoms with Gasteiger partial charge in [0.15, 0.2) is 0 Å². The van der Waals surface area contributed by atoms with E-state index in [0.29, 0.717) is 49.6 Å². The second-order valence-corrected chi connectivity index (χ2v) is 8.50. The molecule has 2 aliphatic rings. The summed E-state index contributed by atoms with van der Waals surface area (Å²) in [5.41, 5.74) is 2.22. The predicted octanol–water partition coefficient (Wildman–Crippen LogP) is 3.05. The molecule has 32 heavy (non-hydrogen) atoms. The lowest BCUT2D eigenvalue weighted by Crippen LogP contribution is -2.51. The average molecular weight is 439 g/mol. The van der Waals surface area contributed by atoms with E-state index < -0.39 is 0 Å². The molecule has 4 amide bonds. The van der Waals surface area contributed by atoms with Crippen LogP contribution in [0.25, 0.3) is 0 Å². The van der Waals surface area contributed by atoms with Gasteiger partial charge >= 0.3 is 6.03 Å². The van der Waals surface area contributed by atoms with Gasteiger partial charge in [0.25, 0.3) is 5.91 Å². The van der Waals surface area contributed by atoms with Gasteiger partial charge in [0, 0.05) is 45.0 Å². The predicted molar refractivity (Wildman–Crippen MR) is 121 cm³/mol. The third-order valence-corrected chi connectivity index (χ3v) is 6.14. The van der Waals surface area contributed by atoms with E-state index >= 15 is 0 Å². The lowest BCUT2D eigenvalue weighted by Gasteiger charge is -2.34. The third kappa shape index (κ3) is 4.95. The summed E-state index contributed by atoms with van der Waals surface area (Å²) in [5.74, 6) is 1.44. The van der Waals surface area contributed by atoms with Gasteiger partial charge in [-0.2, -0.15) is 0 Å². The number of rotatable bonds is 4. The Morgan fingerprint density at radius 1 is 0.875 bits per heavy atom. The standard InChI is InChI=1S/C24H30N4O4/c1-17-15-21(18(2)32-17)23(30)27-11-13-28(14-12-27)24(31)25-20-7-5-19(6-8-20)16-22(29)26-9-3-4-10-26/h5-8,15H,3-4,9-14,16H2,1-2H3,(H,25,31). The first-order valence-corrected chi connectivity index (χ1v) is 11.2. The molecule has 170 valence electrons. The number of nitrogens with zero attached hydrogens (tertiary/aromatic N) is 3. The Kier molecular flexibility index (Phi) is 6.48. The number of hydrogen-bond acceptors (Lipinski definition) is 4. The van der Waals surface area contributed by atoms with Gasteiger partial charge in [-0.3, -0.25) is 9.59 Å². The van der Waals surface area contributed by atoms with E-state index in [1.807, 2.05) is 36.1 Å². The van der Waals surface area contributed by atoms with Crippen LogP contribution in [0.3, 0.4) is 0 Å². The first-order valence-electron chi connectivity index (χ1n) is 11.2. The van der Waals surface area contributed by atoms with Crippen molar-refractivity contribution in [2.75, 3.05) is 44.6 Å². The van der Waals surface area contributed by atoms with Crippen LogP contribution in [-0.2, 0) is 11.2 Å². The zero-order valence-corrected chi connectivity index (χ0v) is 18.7. The molecule has 2 saturated heterocycles. The number of hydrogen-bond donors (Lipinski definition) is 1. The molecule has 0 atom stereocenters. The fourth-order valence-electron chi connectivity index (χ4n) is 4.29. The summed E-state index contributed by atoms with van der Waals surface area (Å²) in [7, 11) is 0. The molecule has 0 aliphatic carbocycles. The van der Waals surface area contributed by atoms with Crippen molar-refractivity contribution in [3.05, 3.63) is 53.0 Å². The summed E-state index contributed by atoms with van der Waals surface area (Å²) in [4.78, 5) is 43.0. The summed E-state index contributed by atoms with van der Waals surface area (Å²) in [6.07, 6.45) is 2.56. The summed E-state index contributed by atoms with van der Waals surface area (Å²) in [5, 5.41) is 2.91. The van der Waals surface area contributed by atoms with Crippen LogP contribution >= 0.6 is 0 Å². The Hall–Kier alpha value is -3.29. The number of nitrogens with one attached hydrogen (secondary N) is 1. The number of likely N-dealkylation sites (tertiary alicyclic amines) is 1. The molecule has 1 N–H and O–H groups in total. The Morgan fingerprint density at radius 2 is 1.50 bits per heavy atom. The first kappa shape index (κ1) is 21.9. The molecule has 1 aromatic heterocycles. The largest absolute Gasteiger partial charge is 0.466 e. The lowest BCUT2D eigenvalue weighted by atomic mass is 10.1. The van der Waals surface area contributed by atoms with Gasteiger partial charge in [0.05, 0.1) is 12.0 Å². The first-order chi connectivity index (χ1) is 15.4. The Labute approximate surface area is 188 Å². The smallest absolute Gasteiger partial charge is 0.321 e. The number of aryl methyl sites for hydroxylation is 2. The van der Waals surface area contributed by atoms with Crippen LogP contribution in [0.15, 0.2) is 34.7 Å². The summed E-state index contributed by atoms with van der Waals surface area (Å²) in [6.45, 7) is 7.22. The zero-order chi connectivity index (χ0) is 22.7. The number of benzene rings is 1. The topological polar surface area (TPSA) is 86.1 Å². The average Bonchev–Trinajstić information content (AvgIpc) is 3.44. The minimum absolute atomic E-state index is 0.0570. The van der Waals surface area contributed by atoms with E-state index in [2.05, 4.69) is 5.32 Å². The number of carbonyl (C=O) groups excluding carboxylic acids is 3. The Morgan fingerprint density at radius 3 is 2.09 bits per heavy atom. The highest BCUT2D eigenvalue weighted by molar-refractivity contribution is 5.95. The molecule has 3 heterocycles. The van der Waals surface area contributed by atoms with E-state index in [4.69, 9.17) is 4.42 Å². The van der Waals surface area contributed by atoms with Crippen molar-refractivity contribution < 1.29 is 18.8 Å². The second kappa shape index (κ2) is 9.46. The van der Waals surface area contributed by atoms with Crippen molar-refractivity contribution in [1.82, 2.24) is 14.7 Å². The van der Waals surface area contributed by atoms with E-state index in [1.165, 1.54) is 0 Å². The van der Waals surface area contributed by atoms with Gasteiger partial charge in [-0.15, -0.1) is 0 Å². The normalized spacial score (nSPS) is 16.4. The van der Waals surface area contributed by atoms with E-state index in [-0.39, 0.29) is 17.8 Å². The fraction of sp³-hybridized carbons (Fsp3) is 0.458. The van der Waals surface area contributed by atoms with Gasteiger partial charge in [-0.1, -0.05) is 12.1 Å². The highest BCUT2D eigenvalue weighted by atomic mass is 16.3. The van der Waals surface area contributed by atoms with Crippen molar-refractivity contribution in [1.29, 1.82) is 0 Å². The maximum atomic E-state index is 12.7. The number of piperazine rings is 1. The molecular formula is C24H30N4O4. The van der Waals surface area contributed by atoms with Crippen LogP contribution in [0, 0.1) is 13.8 Å². The highest BCUT2D eigenvalue weighted by Crippen LogP contribution is 2.18. The summed E-state index contributed by atoms with van der Waals surface area (Å²) < 4.78 is 5.46. The maximum Gasteiger partial charge on any atom is 0.321 e. The van der Waals surface area contributed by atoms with Crippen molar-refractivity contribution in [2.24, 2.45) is 0 Å². The molecule has 2 aromatic rings. The van der Waals surface area contributed by atoms with Crippen LogP contribution in [-0.4, -0.2) is 71.8 Å². The molecule has 0 spiro atoms. The lowest BCUT2D eigenvalue weighted by molar-refractivity contribution is -0.129. The molecule has 0 bridgehead atoms. The Bertz CT molecular complexity index is 984.